The molecule has 0 aromatic heterocycles. The van der Waals surface area contributed by atoms with Gasteiger partial charge < -0.3 is 10.2 Å². The molecule has 1 saturated heterocycles. The van der Waals surface area contributed by atoms with E-state index in [1.807, 2.05) is 49.3 Å². The smallest absolute Gasteiger partial charge is 0.240 e. The lowest BCUT2D eigenvalue weighted by Crippen LogP contribution is -2.43. The SMILES string of the molecule is CN(C)C(CNC(=O)CN1C(=O)C2CCCCC2C1=O)c1ccccc1. The fraction of sp³-hybridized carbons (Fsp3) is 0.550. The Bertz CT molecular complexity index is 650. The molecule has 1 aromatic carbocycles. The van der Waals surface area contributed by atoms with Crippen molar-refractivity contribution in [3.05, 3.63) is 35.9 Å². The van der Waals surface area contributed by atoms with Gasteiger partial charge in [-0.05, 0) is 32.5 Å². The number of carbonyl (C=O) groups is 3. The van der Waals surface area contributed by atoms with Crippen LogP contribution in [0.5, 0.6) is 0 Å². The predicted octanol–water partition coefficient (Wildman–Crippen LogP) is 1.58. The largest absolute Gasteiger partial charge is 0.353 e. The molecule has 1 heterocycles. The van der Waals surface area contributed by atoms with E-state index in [1.54, 1.807) is 0 Å². The number of benzene rings is 1. The number of likely N-dealkylation sites (tertiary alicyclic amines) is 1. The van der Waals surface area contributed by atoms with Crippen LogP contribution in [0.1, 0.15) is 37.3 Å². The Balaban J connectivity index is 1.58. The molecule has 0 radical (unpaired) electrons. The minimum atomic E-state index is -0.284. The molecular formula is C20H27N3O3. The van der Waals surface area contributed by atoms with Gasteiger partial charge in [-0.15, -0.1) is 0 Å². The Kier molecular flexibility index (Phi) is 5.71. The lowest BCUT2D eigenvalue weighted by Gasteiger charge is -2.25. The number of amides is 3. The van der Waals surface area contributed by atoms with E-state index >= 15 is 0 Å². The van der Waals surface area contributed by atoms with Gasteiger partial charge in [-0.1, -0.05) is 43.2 Å². The number of nitrogens with zero attached hydrogens (tertiary/aromatic N) is 2. The van der Waals surface area contributed by atoms with Crippen molar-refractivity contribution in [2.45, 2.75) is 31.7 Å². The van der Waals surface area contributed by atoms with Crippen LogP contribution < -0.4 is 5.32 Å². The Morgan fingerprint density at radius 1 is 1.12 bits per heavy atom. The number of rotatable bonds is 6. The van der Waals surface area contributed by atoms with Crippen LogP contribution in [0.15, 0.2) is 30.3 Å². The highest BCUT2D eigenvalue weighted by Crippen LogP contribution is 2.37. The standard InChI is InChI=1S/C20H27N3O3/c1-22(2)17(14-8-4-3-5-9-14)12-21-18(24)13-23-19(25)15-10-6-7-11-16(15)20(23)26/h3-5,8-9,15-17H,6-7,10-13H2,1-2H3,(H,21,24). The molecule has 26 heavy (non-hydrogen) atoms. The first-order chi connectivity index (χ1) is 12.5. The van der Waals surface area contributed by atoms with Gasteiger partial charge in [0, 0.05) is 6.54 Å². The zero-order chi connectivity index (χ0) is 18.7. The van der Waals surface area contributed by atoms with Crippen LogP contribution in [0.3, 0.4) is 0 Å². The summed E-state index contributed by atoms with van der Waals surface area (Å²) in [6.07, 6.45) is 3.51. The third-order valence-corrected chi connectivity index (χ3v) is 5.53. The first-order valence-corrected chi connectivity index (χ1v) is 9.32. The van der Waals surface area contributed by atoms with Gasteiger partial charge in [-0.2, -0.15) is 0 Å². The van der Waals surface area contributed by atoms with Crippen LogP contribution in [-0.2, 0) is 14.4 Å². The van der Waals surface area contributed by atoms with E-state index in [9.17, 15) is 14.4 Å². The molecule has 6 heteroatoms. The van der Waals surface area contributed by atoms with E-state index in [1.165, 1.54) is 4.90 Å². The van der Waals surface area contributed by atoms with Crippen molar-refractivity contribution in [1.29, 1.82) is 0 Å². The molecule has 1 N–H and O–H groups in total. The van der Waals surface area contributed by atoms with Gasteiger partial charge in [0.25, 0.3) is 0 Å². The van der Waals surface area contributed by atoms with Gasteiger partial charge in [0.1, 0.15) is 6.54 Å². The lowest BCUT2D eigenvalue weighted by atomic mass is 9.81. The minimum Gasteiger partial charge on any atom is -0.353 e. The number of nitrogens with one attached hydrogen (secondary N) is 1. The van der Waals surface area contributed by atoms with E-state index in [4.69, 9.17) is 0 Å². The average Bonchev–Trinajstić information content (AvgIpc) is 2.88. The van der Waals surface area contributed by atoms with Gasteiger partial charge >= 0.3 is 0 Å². The summed E-state index contributed by atoms with van der Waals surface area (Å²) in [6.45, 7) is 0.262. The third-order valence-electron chi connectivity index (χ3n) is 5.53. The minimum absolute atomic E-state index is 0.0349. The van der Waals surface area contributed by atoms with E-state index < -0.39 is 0 Å². The molecule has 6 nitrogen and oxygen atoms in total. The maximum atomic E-state index is 12.5. The fourth-order valence-electron chi connectivity index (χ4n) is 4.07. The molecule has 1 aliphatic heterocycles. The molecule has 1 saturated carbocycles. The van der Waals surface area contributed by atoms with Crippen molar-refractivity contribution < 1.29 is 14.4 Å². The summed E-state index contributed by atoms with van der Waals surface area (Å²) in [5.41, 5.74) is 1.11. The zero-order valence-electron chi connectivity index (χ0n) is 15.5. The number of carbonyl (C=O) groups excluding carboxylic acids is 3. The molecular weight excluding hydrogens is 330 g/mol. The van der Waals surface area contributed by atoms with Gasteiger partial charge in [0.05, 0.1) is 17.9 Å². The lowest BCUT2D eigenvalue weighted by molar-refractivity contribution is -0.143. The Morgan fingerprint density at radius 3 is 2.23 bits per heavy atom. The fourth-order valence-corrected chi connectivity index (χ4v) is 4.07. The number of hydrogen-bond donors (Lipinski definition) is 1. The van der Waals surface area contributed by atoms with Gasteiger partial charge in [0.15, 0.2) is 0 Å². The monoisotopic (exact) mass is 357 g/mol. The van der Waals surface area contributed by atoms with Gasteiger partial charge in [0.2, 0.25) is 17.7 Å². The molecule has 140 valence electrons. The van der Waals surface area contributed by atoms with Crippen molar-refractivity contribution >= 4 is 17.7 Å². The second kappa shape index (κ2) is 7.99. The maximum Gasteiger partial charge on any atom is 0.240 e. The topological polar surface area (TPSA) is 69.7 Å². The van der Waals surface area contributed by atoms with Crippen molar-refractivity contribution in [2.75, 3.05) is 27.2 Å². The second-order valence-corrected chi connectivity index (χ2v) is 7.45. The molecule has 1 aliphatic carbocycles. The van der Waals surface area contributed by atoms with Crippen LogP contribution in [0, 0.1) is 11.8 Å². The van der Waals surface area contributed by atoms with Crippen LogP contribution >= 0.6 is 0 Å². The van der Waals surface area contributed by atoms with Crippen molar-refractivity contribution in [3.8, 4) is 0 Å². The quantitative estimate of drug-likeness (QED) is 0.785. The van der Waals surface area contributed by atoms with E-state index in [0.29, 0.717) is 6.54 Å². The van der Waals surface area contributed by atoms with E-state index in [0.717, 1.165) is 31.2 Å². The second-order valence-electron chi connectivity index (χ2n) is 7.45. The summed E-state index contributed by atoms with van der Waals surface area (Å²) in [4.78, 5) is 40.5. The Hall–Kier alpha value is -2.21. The molecule has 3 rings (SSSR count). The predicted molar refractivity (Wildman–Crippen MR) is 98.0 cm³/mol. The van der Waals surface area contributed by atoms with Crippen molar-refractivity contribution in [1.82, 2.24) is 15.1 Å². The Labute approximate surface area is 154 Å². The van der Waals surface area contributed by atoms with Crippen LogP contribution in [0.2, 0.25) is 0 Å². The van der Waals surface area contributed by atoms with E-state index in [-0.39, 0.29) is 42.1 Å². The zero-order valence-corrected chi connectivity index (χ0v) is 15.5. The first-order valence-electron chi connectivity index (χ1n) is 9.32. The molecule has 3 unspecified atom stereocenters. The van der Waals surface area contributed by atoms with Gasteiger partial charge in [-0.3, -0.25) is 19.3 Å². The summed E-state index contributed by atoms with van der Waals surface area (Å²) in [5, 5.41) is 2.89. The molecule has 2 aliphatic rings. The molecule has 2 fully saturated rings. The number of imide groups is 1. The molecule has 0 spiro atoms. The summed E-state index contributed by atoms with van der Waals surface area (Å²) >= 11 is 0. The number of likely N-dealkylation sites (N-methyl/N-ethyl adjacent to an activating group) is 1. The molecule has 0 bridgehead atoms. The molecule has 3 atom stereocenters. The highest BCUT2D eigenvalue weighted by Gasteiger charge is 2.48. The average molecular weight is 357 g/mol. The van der Waals surface area contributed by atoms with Crippen LogP contribution in [0.4, 0.5) is 0 Å². The highest BCUT2D eigenvalue weighted by molar-refractivity contribution is 6.07. The maximum absolute atomic E-state index is 12.5. The number of hydrogen-bond acceptors (Lipinski definition) is 4. The summed E-state index contributed by atoms with van der Waals surface area (Å²) in [5.74, 6) is -1.02. The summed E-state index contributed by atoms with van der Waals surface area (Å²) in [7, 11) is 3.92. The van der Waals surface area contributed by atoms with Crippen LogP contribution in [-0.4, -0.2) is 54.7 Å². The third kappa shape index (κ3) is 3.80. The number of fused-ring (bicyclic) bond motifs is 1. The highest BCUT2D eigenvalue weighted by atomic mass is 16.2. The van der Waals surface area contributed by atoms with Crippen LogP contribution in [0.25, 0.3) is 0 Å². The normalized spacial score (nSPS) is 23.9. The van der Waals surface area contributed by atoms with Crippen molar-refractivity contribution in [2.24, 2.45) is 11.8 Å². The van der Waals surface area contributed by atoms with Gasteiger partial charge in [-0.25, -0.2) is 0 Å². The summed E-state index contributed by atoms with van der Waals surface area (Å²) < 4.78 is 0. The molecule has 3 amide bonds. The van der Waals surface area contributed by atoms with Crippen molar-refractivity contribution in [3.63, 3.8) is 0 Å². The summed E-state index contributed by atoms with van der Waals surface area (Å²) in [6, 6.07) is 9.98. The Morgan fingerprint density at radius 2 is 1.69 bits per heavy atom. The molecule has 1 aromatic rings. The first kappa shape index (κ1) is 18.6. The van der Waals surface area contributed by atoms with E-state index in [2.05, 4.69) is 5.32 Å².